The Morgan fingerprint density at radius 3 is 1.28 bits per heavy atom. The first-order chi connectivity index (χ1) is 8.58. The molecule has 0 radical (unpaired) electrons. The number of rotatable bonds is 3. The van der Waals surface area contributed by atoms with Crippen LogP contribution in [-0.4, -0.2) is 10.2 Å². The van der Waals surface area contributed by atoms with Crippen LogP contribution in [0.3, 0.4) is 0 Å². The summed E-state index contributed by atoms with van der Waals surface area (Å²) in [5.41, 5.74) is 1.41. The predicted octanol–water partition coefficient (Wildman–Crippen LogP) is 0.103. The molecule has 2 aromatic heterocycles. The van der Waals surface area contributed by atoms with Gasteiger partial charge in [0.1, 0.15) is 26.3 Å². The number of aliphatic hydroxyl groups is 2. The average Bonchev–Trinajstić information content (AvgIpc) is 2.39. The fourth-order valence-electron chi connectivity index (χ4n) is 1.78. The molecular formula is C14H18N2O2+2. The van der Waals surface area contributed by atoms with Gasteiger partial charge in [-0.1, -0.05) is 0 Å². The van der Waals surface area contributed by atoms with Crippen LogP contribution < -0.4 is 9.13 Å². The van der Waals surface area contributed by atoms with Crippen molar-refractivity contribution in [3.63, 3.8) is 0 Å². The summed E-state index contributed by atoms with van der Waals surface area (Å²) in [6.45, 7) is 0. The summed E-state index contributed by atoms with van der Waals surface area (Å²) in [5, 5.41) is 20.3. The van der Waals surface area contributed by atoms with E-state index in [0.29, 0.717) is 11.1 Å². The first-order valence-electron chi connectivity index (χ1n) is 5.84. The zero-order chi connectivity index (χ0) is 13.1. The van der Waals surface area contributed by atoms with E-state index in [1.807, 2.05) is 48.0 Å². The Balaban J connectivity index is 2.20. The van der Waals surface area contributed by atoms with Crippen LogP contribution in [0.5, 0.6) is 0 Å². The minimum atomic E-state index is -0.918. The van der Waals surface area contributed by atoms with Crippen molar-refractivity contribution in [2.24, 2.45) is 14.1 Å². The predicted molar refractivity (Wildman–Crippen MR) is 65.2 cm³/mol. The summed E-state index contributed by atoms with van der Waals surface area (Å²) < 4.78 is 3.76. The molecule has 4 heteroatoms. The second kappa shape index (κ2) is 5.25. The molecule has 2 rings (SSSR count). The quantitative estimate of drug-likeness (QED) is 0.755. The lowest BCUT2D eigenvalue weighted by atomic mass is 10.00. The van der Waals surface area contributed by atoms with Crippen LogP contribution in [0.1, 0.15) is 23.3 Å². The van der Waals surface area contributed by atoms with Gasteiger partial charge in [-0.15, -0.1) is 0 Å². The molecule has 0 fully saturated rings. The van der Waals surface area contributed by atoms with Crippen LogP contribution in [0.4, 0.5) is 0 Å². The van der Waals surface area contributed by atoms with Gasteiger partial charge in [-0.3, -0.25) is 0 Å². The van der Waals surface area contributed by atoms with Crippen LogP contribution in [-0.2, 0) is 14.1 Å². The Bertz CT molecular complexity index is 459. The molecule has 0 spiro atoms. The minimum Gasteiger partial charge on any atom is -0.385 e. The summed E-state index contributed by atoms with van der Waals surface area (Å²) >= 11 is 0. The number of hydrogen-bond acceptors (Lipinski definition) is 2. The van der Waals surface area contributed by atoms with Crippen molar-refractivity contribution in [1.29, 1.82) is 0 Å². The maximum absolute atomic E-state index is 10.1. The van der Waals surface area contributed by atoms with Crippen molar-refractivity contribution in [1.82, 2.24) is 0 Å². The molecule has 0 aliphatic rings. The first kappa shape index (κ1) is 12.7. The molecule has 2 atom stereocenters. The molecule has 0 aliphatic heterocycles. The molecule has 0 bridgehead atoms. The third kappa shape index (κ3) is 2.72. The lowest BCUT2D eigenvalue weighted by molar-refractivity contribution is -0.671. The summed E-state index contributed by atoms with van der Waals surface area (Å²) in [4.78, 5) is 0. The third-order valence-corrected chi connectivity index (χ3v) is 2.99. The normalized spacial score (nSPS) is 14.2. The smallest absolute Gasteiger partial charge is 0.168 e. The molecule has 4 nitrogen and oxygen atoms in total. The number of aryl methyl sites for hydroxylation is 2. The molecule has 0 aliphatic carbocycles. The van der Waals surface area contributed by atoms with E-state index in [0.717, 1.165) is 0 Å². The Morgan fingerprint density at radius 1 is 0.722 bits per heavy atom. The van der Waals surface area contributed by atoms with Crippen LogP contribution in [0, 0.1) is 0 Å². The second-order valence-electron chi connectivity index (χ2n) is 4.48. The summed E-state index contributed by atoms with van der Waals surface area (Å²) in [7, 11) is 3.81. The highest BCUT2D eigenvalue weighted by atomic mass is 16.3. The molecule has 0 aromatic carbocycles. The Kier molecular flexibility index (Phi) is 3.69. The maximum Gasteiger partial charge on any atom is 0.168 e. The zero-order valence-electron chi connectivity index (χ0n) is 10.6. The minimum absolute atomic E-state index is 0.703. The Hall–Kier alpha value is -1.78. The third-order valence-electron chi connectivity index (χ3n) is 2.99. The van der Waals surface area contributed by atoms with E-state index in [1.165, 1.54) is 0 Å². The van der Waals surface area contributed by atoms with E-state index in [-0.39, 0.29) is 0 Å². The molecule has 18 heavy (non-hydrogen) atoms. The number of aliphatic hydroxyl groups excluding tert-OH is 2. The van der Waals surface area contributed by atoms with Gasteiger partial charge in [-0.25, -0.2) is 9.13 Å². The lowest BCUT2D eigenvalue weighted by Gasteiger charge is -2.17. The van der Waals surface area contributed by atoms with Crippen molar-refractivity contribution < 1.29 is 19.3 Å². The van der Waals surface area contributed by atoms with Crippen LogP contribution >= 0.6 is 0 Å². The van der Waals surface area contributed by atoms with Crippen molar-refractivity contribution in [2.75, 3.05) is 0 Å². The summed E-state index contributed by atoms with van der Waals surface area (Å²) in [6, 6.07) is 7.21. The molecule has 2 heterocycles. The van der Waals surface area contributed by atoms with Gasteiger partial charge in [0.05, 0.1) is 0 Å². The molecule has 2 aromatic rings. The van der Waals surface area contributed by atoms with Crippen molar-refractivity contribution >= 4 is 0 Å². The molecule has 2 N–H and O–H groups in total. The highest BCUT2D eigenvalue weighted by Crippen LogP contribution is 2.27. The van der Waals surface area contributed by atoms with Gasteiger partial charge in [0, 0.05) is 24.3 Å². The highest BCUT2D eigenvalue weighted by molar-refractivity contribution is 5.19. The number of aromatic nitrogens is 2. The van der Waals surface area contributed by atoms with E-state index >= 15 is 0 Å². The first-order valence-corrected chi connectivity index (χ1v) is 5.84. The monoisotopic (exact) mass is 246 g/mol. The molecule has 0 saturated heterocycles. The molecule has 0 amide bonds. The SMILES string of the molecule is C[n+]1ccc([C@H](O)[C@@H](O)c2cc[n+](C)cc2)cc1. The largest absolute Gasteiger partial charge is 0.385 e. The van der Waals surface area contributed by atoms with Gasteiger partial charge in [0.15, 0.2) is 24.8 Å². The number of nitrogens with zero attached hydrogens (tertiary/aromatic N) is 2. The fourth-order valence-corrected chi connectivity index (χ4v) is 1.78. The fraction of sp³-hybridized carbons (Fsp3) is 0.286. The zero-order valence-corrected chi connectivity index (χ0v) is 10.6. The topological polar surface area (TPSA) is 48.2 Å². The Labute approximate surface area is 106 Å². The molecular weight excluding hydrogens is 228 g/mol. The average molecular weight is 246 g/mol. The van der Waals surface area contributed by atoms with Gasteiger partial charge in [0.2, 0.25) is 0 Å². The van der Waals surface area contributed by atoms with Gasteiger partial charge in [-0.2, -0.15) is 0 Å². The van der Waals surface area contributed by atoms with Gasteiger partial charge >= 0.3 is 0 Å². The van der Waals surface area contributed by atoms with E-state index in [1.54, 1.807) is 24.3 Å². The van der Waals surface area contributed by atoms with E-state index in [9.17, 15) is 10.2 Å². The Morgan fingerprint density at radius 2 is 1.00 bits per heavy atom. The van der Waals surface area contributed by atoms with E-state index in [2.05, 4.69) is 0 Å². The number of hydrogen-bond donors (Lipinski definition) is 2. The molecule has 0 unspecified atom stereocenters. The van der Waals surface area contributed by atoms with Crippen molar-refractivity contribution in [3.05, 3.63) is 60.2 Å². The van der Waals surface area contributed by atoms with Crippen LogP contribution in [0.2, 0.25) is 0 Å². The summed E-state index contributed by atoms with van der Waals surface area (Å²) in [6.07, 6.45) is 5.54. The number of pyridine rings is 2. The molecule has 94 valence electrons. The van der Waals surface area contributed by atoms with Crippen LogP contribution in [0.25, 0.3) is 0 Å². The van der Waals surface area contributed by atoms with Crippen molar-refractivity contribution in [2.45, 2.75) is 12.2 Å². The van der Waals surface area contributed by atoms with Gasteiger partial charge < -0.3 is 10.2 Å². The van der Waals surface area contributed by atoms with Crippen molar-refractivity contribution in [3.8, 4) is 0 Å². The molecule has 0 saturated carbocycles. The van der Waals surface area contributed by atoms with E-state index in [4.69, 9.17) is 0 Å². The highest BCUT2D eigenvalue weighted by Gasteiger charge is 2.21. The standard InChI is InChI=1S/C14H18N2O2/c1-15-7-3-11(4-8-15)13(17)14(18)12-5-9-16(2)10-6-12/h3-10,13-14,17-18H,1-2H3/q+2/t13-,14-/m0/s1. The lowest BCUT2D eigenvalue weighted by Crippen LogP contribution is -2.27. The van der Waals surface area contributed by atoms with Gasteiger partial charge in [-0.05, 0) is 11.1 Å². The summed E-state index contributed by atoms with van der Waals surface area (Å²) in [5.74, 6) is 0. The van der Waals surface area contributed by atoms with Crippen LogP contribution in [0.15, 0.2) is 49.1 Å². The van der Waals surface area contributed by atoms with E-state index < -0.39 is 12.2 Å². The van der Waals surface area contributed by atoms with Gasteiger partial charge in [0.25, 0.3) is 0 Å². The maximum atomic E-state index is 10.1. The second-order valence-corrected chi connectivity index (χ2v) is 4.48.